The van der Waals surface area contributed by atoms with E-state index in [1.165, 1.54) is 12.1 Å². The number of pyridine rings is 1. The summed E-state index contributed by atoms with van der Waals surface area (Å²) >= 11 is 0. The summed E-state index contributed by atoms with van der Waals surface area (Å²) in [5.74, 6) is -3.46. The molecule has 15 heteroatoms. The van der Waals surface area contributed by atoms with E-state index < -0.39 is 29.9 Å². The minimum atomic E-state index is -1.19. The van der Waals surface area contributed by atoms with Crippen LogP contribution in [0.4, 0.5) is 0 Å². The minimum absolute atomic E-state index is 0.0219. The minimum Gasteiger partial charge on any atom is -0.478 e. The van der Waals surface area contributed by atoms with E-state index in [9.17, 15) is 38.9 Å². The fraction of sp³-hybridized carbons (Fsp3) is 0.667. The van der Waals surface area contributed by atoms with Gasteiger partial charge in [0.2, 0.25) is 0 Å². The van der Waals surface area contributed by atoms with Gasteiger partial charge in [0.05, 0.1) is 36.8 Å². The fourth-order valence-electron chi connectivity index (χ4n) is 3.59. The highest BCUT2D eigenvalue weighted by Gasteiger charge is 2.28. The smallest absolute Gasteiger partial charge is 0.337 e. The first-order valence-corrected chi connectivity index (χ1v) is 12.8. The van der Waals surface area contributed by atoms with Gasteiger partial charge in [0, 0.05) is 39.3 Å². The Kier molecular flexibility index (Phi) is 12.0. The Morgan fingerprint density at radius 2 is 1.27 bits per heavy atom. The normalized spacial score (nSPS) is 20.2. The van der Waals surface area contributed by atoms with Crippen molar-refractivity contribution >= 4 is 31.3 Å². The van der Waals surface area contributed by atoms with E-state index in [0.717, 1.165) is 0 Å². The van der Waals surface area contributed by atoms with Crippen LogP contribution >= 0.6 is 25.4 Å². The van der Waals surface area contributed by atoms with Crippen molar-refractivity contribution in [2.24, 2.45) is 0 Å². The van der Waals surface area contributed by atoms with Crippen LogP contribution in [0.25, 0.3) is 0 Å². The molecule has 1 aromatic rings. The largest absolute Gasteiger partial charge is 0.478 e. The number of carboxylic acids is 1. The zero-order valence-corrected chi connectivity index (χ0v) is 20.5. The topological polar surface area (TPSA) is 172 Å². The molecule has 0 fully saturated rings. The van der Waals surface area contributed by atoms with Crippen LogP contribution in [0.5, 0.6) is 0 Å². The maximum Gasteiger partial charge on any atom is 0.337 e. The van der Waals surface area contributed by atoms with E-state index in [1.807, 2.05) is 0 Å². The van der Waals surface area contributed by atoms with Crippen molar-refractivity contribution in [2.45, 2.75) is 30.4 Å². The Morgan fingerprint density at radius 1 is 0.818 bits per heavy atom. The summed E-state index contributed by atoms with van der Waals surface area (Å²) in [6, 6.07) is 2.95. The lowest BCUT2D eigenvalue weighted by molar-refractivity contribution is 0.0691. The second-order valence-electron chi connectivity index (χ2n) is 7.38. The number of aliphatic hydroxyl groups is 3. The van der Waals surface area contributed by atoms with Crippen molar-refractivity contribution in [3.05, 3.63) is 29.1 Å². The zero-order valence-electron chi connectivity index (χ0n) is 17.8. The molecule has 33 heavy (non-hydrogen) atoms. The lowest BCUT2D eigenvalue weighted by Crippen LogP contribution is -2.47. The average Bonchev–Trinajstić information content (AvgIpc) is 2.81. The van der Waals surface area contributed by atoms with Crippen molar-refractivity contribution in [1.82, 2.24) is 19.7 Å². The number of rotatable bonds is 10. The third-order valence-corrected chi connectivity index (χ3v) is 7.65. The van der Waals surface area contributed by atoms with Crippen LogP contribution in [0.2, 0.25) is 0 Å². The molecule has 4 N–H and O–H groups in total. The van der Waals surface area contributed by atoms with Gasteiger partial charge in [0.25, 0.3) is 0 Å². The molecule has 1 aliphatic rings. The van der Waals surface area contributed by atoms with Gasteiger partial charge in [0.1, 0.15) is 17.3 Å². The number of fused-ring (bicyclic) bond motifs is 2. The van der Waals surface area contributed by atoms with Gasteiger partial charge in [-0.3, -0.25) is 33.4 Å². The number of aromatic carboxylic acids is 1. The van der Waals surface area contributed by atoms with E-state index in [-0.39, 0.29) is 82.6 Å². The van der Waals surface area contributed by atoms with Gasteiger partial charge in [-0.05, 0) is 12.1 Å². The highest BCUT2D eigenvalue weighted by Crippen LogP contribution is 2.22. The standard InChI is InChI=1S/C18H27N4O8P3/c23-9-15(31-28)20-3-5-21(16(10-24)32-29)7-12-1-2-13(18(26)27)14(19-12)8-22(6-4-20)17(11-25)33-30/h1-2,15-17,23-25H,3-11H2,(H,26,27). The Hall–Kier alpha value is -1.32. The number of aromatic nitrogens is 1. The summed E-state index contributed by atoms with van der Waals surface area (Å²) in [6.45, 7) is -0.0288. The van der Waals surface area contributed by atoms with Crippen LogP contribution in [0, 0.1) is 0 Å². The van der Waals surface area contributed by atoms with Crippen LogP contribution in [-0.2, 0) is 26.8 Å². The maximum atomic E-state index is 11.8. The highest BCUT2D eigenvalue weighted by atomic mass is 31.1. The molecule has 2 heterocycles. The quantitative estimate of drug-likeness (QED) is 0.316. The van der Waals surface area contributed by atoms with Gasteiger partial charge in [-0.15, -0.1) is 0 Å². The number of aliphatic hydroxyl groups excluding tert-OH is 3. The summed E-state index contributed by atoms with van der Waals surface area (Å²) in [7, 11) is -0.956. The molecule has 0 radical (unpaired) electrons. The molecule has 3 atom stereocenters. The monoisotopic (exact) mass is 520 g/mol. The van der Waals surface area contributed by atoms with Crippen LogP contribution in [0.15, 0.2) is 12.1 Å². The lowest BCUT2D eigenvalue weighted by Gasteiger charge is -2.34. The number of hydrogen-bond acceptors (Lipinski definition) is 11. The van der Waals surface area contributed by atoms with Crippen LogP contribution in [0.1, 0.15) is 21.7 Å². The predicted octanol–water partition coefficient (Wildman–Crippen LogP) is 0.530. The molecule has 0 saturated heterocycles. The van der Waals surface area contributed by atoms with Crippen LogP contribution in [0.3, 0.4) is 0 Å². The molecular weight excluding hydrogens is 493 g/mol. The number of nitrogens with zero attached hydrogens (tertiary/aromatic N) is 4. The van der Waals surface area contributed by atoms with E-state index in [4.69, 9.17) is 0 Å². The summed E-state index contributed by atoms with van der Waals surface area (Å²) in [4.78, 5) is 21.3. The number of carboxylic acid groups (broad SMARTS) is 1. The van der Waals surface area contributed by atoms with Crippen molar-refractivity contribution in [3.63, 3.8) is 0 Å². The third-order valence-electron chi connectivity index (χ3n) is 5.45. The second kappa shape index (κ2) is 14.2. The molecule has 0 amide bonds. The first kappa shape index (κ1) is 27.9. The lowest BCUT2D eigenvalue weighted by atomic mass is 10.1. The number of hydrogen-bond donors (Lipinski definition) is 4. The SMILES string of the molecule is O=PC(CO)N1CCN(C(CO)P=O)Cc2ccc(C(=O)O)c(n2)CN(C(CO)P=O)CC1. The first-order chi connectivity index (χ1) is 15.9. The van der Waals surface area contributed by atoms with Crippen molar-refractivity contribution in [3.8, 4) is 0 Å². The summed E-state index contributed by atoms with van der Waals surface area (Å²) in [5.41, 5.74) is 0.635. The summed E-state index contributed by atoms with van der Waals surface area (Å²) < 4.78 is 34.9. The molecule has 0 aliphatic carbocycles. The molecule has 0 aromatic carbocycles. The maximum absolute atomic E-state index is 11.8. The molecule has 0 spiro atoms. The molecule has 0 saturated carbocycles. The fourth-order valence-corrected chi connectivity index (χ4v) is 4.81. The average molecular weight is 520 g/mol. The molecule has 2 bridgehead atoms. The Bertz CT molecular complexity index is 836. The Labute approximate surface area is 195 Å². The molecule has 1 aromatic heterocycles. The van der Waals surface area contributed by atoms with Crippen molar-refractivity contribution < 1.29 is 38.9 Å². The molecule has 2 rings (SSSR count). The van der Waals surface area contributed by atoms with Gasteiger partial charge < -0.3 is 20.4 Å². The second-order valence-corrected chi connectivity index (χ2v) is 9.81. The Morgan fingerprint density at radius 3 is 1.73 bits per heavy atom. The van der Waals surface area contributed by atoms with Gasteiger partial charge in [-0.1, -0.05) is 0 Å². The third kappa shape index (κ3) is 7.59. The van der Waals surface area contributed by atoms with Crippen LogP contribution < -0.4 is 0 Å². The Balaban J connectivity index is 2.53. The molecule has 1 aliphatic heterocycles. The van der Waals surface area contributed by atoms with Gasteiger partial charge in [0.15, 0.2) is 25.4 Å². The highest BCUT2D eigenvalue weighted by molar-refractivity contribution is 7.25. The van der Waals surface area contributed by atoms with Crippen molar-refractivity contribution in [2.75, 3.05) is 46.0 Å². The number of carbonyl (C=O) groups is 1. The van der Waals surface area contributed by atoms with E-state index in [2.05, 4.69) is 4.98 Å². The van der Waals surface area contributed by atoms with E-state index in [0.29, 0.717) is 12.2 Å². The van der Waals surface area contributed by atoms with E-state index >= 15 is 0 Å². The summed E-state index contributed by atoms with van der Waals surface area (Å²) in [5, 5.41) is 38.6. The zero-order chi connectivity index (χ0) is 24.4. The molecule has 3 unspecified atom stereocenters. The van der Waals surface area contributed by atoms with Gasteiger partial charge in [-0.2, -0.15) is 0 Å². The summed E-state index contributed by atoms with van der Waals surface area (Å²) in [6.07, 6.45) is 0. The van der Waals surface area contributed by atoms with Crippen molar-refractivity contribution in [1.29, 1.82) is 0 Å². The molecule has 182 valence electrons. The van der Waals surface area contributed by atoms with Gasteiger partial charge >= 0.3 is 5.97 Å². The van der Waals surface area contributed by atoms with Crippen LogP contribution in [-0.4, -0.2) is 109 Å². The molecule has 12 nitrogen and oxygen atoms in total. The molecular formula is C18H27N4O8P3. The van der Waals surface area contributed by atoms with Gasteiger partial charge in [-0.25, -0.2) is 4.79 Å². The predicted molar refractivity (Wildman–Crippen MR) is 119 cm³/mol. The first-order valence-electron chi connectivity index (χ1n) is 10.2. The van der Waals surface area contributed by atoms with E-state index in [1.54, 1.807) is 14.7 Å².